The van der Waals surface area contributed by atoms with Gasteiger partial charge in [-0.3, -0.25) is 13.9 Å². The molecule has 1 saturated heterocycles. The number of aromatic nitrogens is 2. The van der Waals surface area contributed by atoms with E-state index in [2.05, 4.69) is 13.8 Å². The molecule has 142 valence electrons. The molecule has 0 spiro atoms. The molecule has 1 aromatic heterocycles. The summed E-state index contributed by atoms with van der Waals surface area (Å²) in [6.07, 6.45) is 1.39. The van der Waals surface area contributed by atoms with Gasteiger partial charge < -0.3 is 15.2 Å². The van der Waals surface area contributed by atoms with Crippen LogP contribution in [0.15, 0.2) is 15.8 Å². The lowest BCUT2D eigenvalue weighted by Gasteiger charge is -2.19. The molecule has 0 bridgehead atoms. The zero-order valence-electron chi connectivity index (χ0n) is 15.9. The van der Waals surface area contributed by atoms with E-state index >= 15 is 0 Å². The summed E-state index contributed by atoms with van der Waals surface area (Å²) in [6, 6.07) is -0.199. The van der Waals surface area contributed by atoms with E-state index in [-0.39, 0.29) is 29.3 Å². The Labute approximate surface area is 148 Å². The standard InChI is InChI=1S/C18H31N3O4/c1-11(2)7-21-17(22)13(5)8-20(18(21)23)16-6-14(19)15(25-16)10-24-9-12(3)4/h8,11-12,14-16H,6-7,9-10,19H2,1-5H3/t14?,15-,16-/m1/s1. The van der Waals surface area contributed by atoms with Crippen molar-refractivity contribution in [1.82, 2.24) is 9.13 Å². The molecule has 0 radical (unpaired) electrons. The zero-order valence-corrected chi connectivity index (χ0v) is 15.9. The zero-order chi connectivity index (χ0) is 18.7. The van der Waals surface area contributed by atoms with E-state index in [1.54, 1.807) is 13.1 Å². The molecule has 1 aliphatic heterocycles. The minimum Gasteiger partial charge on any atom is -0.378 e. The van der Waals surface area contributed by atoms with Gasteiger partial charge in [0.1, 0.15) is 6.23 Å². The van der Waals surface area contributed by atoms with Gasteiger partial charge in [-0.2, -0.15) is 0 Å². The second kappa shape index (κ2) is 8.29. The molecule has 2 N–H and O–H groups in total. The SMILES string of the molecule is Cc1cn([C@H]2CC(N)[C@@H](COCC(C)C)O2)c(=O)n(CC(C)C)c1=O. The monoisotopic (exact) mass is 353 g/mol. The normalized spacial score (nSPS) is 23.8. The highest BCUT2D eigenvalue weighted by Crippen LogP contribution is 2.26. The number of aryl methyl sites for hydroxylation is 1. The van der Waals surface area contributed by atoms with Crippen LogP contribution in [0, 0.1) is 18.8 Å². The lowest BCUT2D eigenvalue weighted by Crippen LogP contribution is -2.43. The number of hydrogen-bond acceptors (Lipinski definition) is 5. The molecule has 0 aromatic carbocycles. The predicted octanol–water partition coefficient (Wildman–Crippen LogP) is 1.26. The molecular weight excluding hydrogens is 322 g/mol. The Kier molecular flexibility index (Phi) is 6.59. The van der Waals surface area contributed by atoms with Gasteiger partial charge in [-0.15, -0.1) is 0 Å². The van der Waals surface area contributed by atoms with E-state index in [9.17, 15) is 9.59 Å². The summed E-state index contributed by atoms with van der Waals surface area (Å²) in [4.78, 5) is 25.0. The van der Waals surface area contributed by atoms with Gasteiger partial charge in [-0.25, -0.2) is 4.79 Å². The van der Waals surface area contributed by atoms with Crippen molar-refractivity contribution in [2.75, 3.05) is 13.2 Å². The average molecular weight is 353 g/mol. The minimum absolute atomic E-state index is 0.199. The fraction of sp³-hybridized carbons (Fsp3) is 0.778. The van der Waals surface area contributed by atoms with E-state index < -0.39 is 6.23 Å². The summed E-state index contributed by atoms with van der Waals surface area (Å²) in [5.74, 6) is 0.642. The van der Waals surface area contributed by atoms with Crippen LogP contribution in [0.4, 0.5) is 0 Å². The van der Waals surface area contributed by atoms with Crippen LogP contribution in [-0.4, -0.2) is 34.5 Å². The van der Waals surface area contributed by atoms with Crippen molar-refractivity contribution < 1.29 is 9.47 Å². The summed E-state index contributed by atoms with van der Waals surface area (Å²) >= 11 is 0. The van der Waals surface area contributed by atoms with E-state index in [1.165, 1.54) is 9.13 Å². The van der Waals surface area contributed by atoms with Crippen molar-refractivity contribution in [3.8, 4) is 0 Å². The Morgan fingerprint density at radius 3 is 2.56 bits per heavy atom. The molecular formula is C18H31N3O4. The fourth-order valence-corrected chi connectivity index (χ4v) is 3.00. The van der Waals surface area contributed by atoms with Gasteiger partial charge in [0.15, 0.2) is 0 Å². The summed E-state index contributed by atoms with van der Waals surface area (Å²) in [7, 11) is 0. The van der Waals surface area contributed by atoms with Gasteiger partial charge in [-0.05, 0) is 18.8 Å². The predicted molar refractivity (Wildman–Crippen MR) is 96.7 cm³/mol. The van der Waals surface area contributed by atoms with Gasteiger partial charge in [-0.1, -0.05) is 27.7 Å². The fourth-order valence-electron chi connectivity index (χ4n) is 3.00. The van der Waals surface area contributed by atoms with E-state index in [0.29, 0.717) is 37.7 Å². The number of ether oxygens (including phenoxy) is 2. The van der Waals surface area contributed by atoms with Crippen LogP contribution in [0.2, 0.25) is 0 Å². The lowest BCUT2D eigenvalue weighted by molar-refractivity contribution is -0.0495. The summed E-state index contributed by atoms with van der Waals surface area (Å²) in [5.41, 5.74) is 6.11. The smallest absolute Gasteiger partial charge is 0.333 e. The maximum absolute atomic E-state index is 12.8. The lowest BCUT2D eigenvalue weighted by atomic mass is 10.1. The first kappa shape index (κ1) is 19.9. The van der Waals surface area contributed by atoms with Crippen LogP contribution in [0.3, 0.4) is 0 Å². The van der Waals surface area contributed by atoms with Gasteiger partial charge in [0.05, 0.1) is 12.7 Å². The Morgan fingerprint density at radius 1 is 1.28 bits per heavy atom. The molecule has 3 atom stereocenters. The minimum atomic E-state index is -0.465. The third-order valence-corrected chi connectivity index (χ3v) is 4.24. The van der Waals surface area contributed by atoms with Gasteiger partial charge in [0.2, 0.25) is 0 Å². The molecule has 1 fully saturated rings. The van der Waals surface area contributed by atoms with Crippen molar-refractivity contribution in [2.45, 2.75) is 66.0 Å². The van der Waals surface area contributed by atoms with Crippen LogP contribution in [-0.2, 0) is 16.0 Å². The van der Waals surface area contributed by atoms with E-state index in [1.807, 2.05) is 13.8 Å². The molecule has 7 nitrogen and oxygen atoms in total. The molecule has 2 heterocycles. The number of nitrogens with two attached hydrogens (primary N) is 1. The van der Waals surface area contributed by atoms with E-state index in [4.69, 9.17) is 15.2 Å². The van der Waals surface area contributed by atoms with Gasteiger partial charge in [0.25, 0.3) is 5.56 Å². The molecule has 0 saturated carbocycles. The number of rotatable bonds is 7. The van der Waals surface area contributed by atoms with Crippen molar-refractivity contribution in [2.24, 2.45) is 17.6 Å². The molecule has 7 heteroatoms. The molecule has 0 amide bonds. The molecule has 2 rings (SSSR count). The Balaban J connectivity index is 2.20. The van der Waals surface area contributed by atoms with Crippen LogP contribution in [0.25, 0.3) is 0 Å². The van der Waals surface area contributed by atoms with E-state index in [0.717, 1.165) is 0 Å². The van der Waals surface area contributed by atoms with Crippen molar-refractivity contribution in [1.29, 1.82) is 0 Å². The molecule has 1 aromatic rings. The topological polar surface area (TPSA) is 88.5 Å². The van der Waals surface area contributed by atoms with Gasteiger partial charge >= 0.3 is 5.69 Å². The quantitative estimate of drug-likeness (QED) is 0.797. The Bertz CT molecular complexity index is 693. The highest BCUT2D eigenvalue weighted by Gasteiger charge is 2.35. The number of hydrogen-bond donors (Lipinski definition) is 1. The average Bonchev–Trinajstić information content (AvgIpc) is 2.88. The Hall–Kier alpha value is -1.44. The second-order valence-corrected chi connectivity index (χ2v) is 7.77. The highest BCUT2D eigenvalue weighted by molar-refractivity contribution is 5.04. The third-order valence-electron chi connectivity index (χ3n) is 4.24. The van der Waals surface area contributed by atoms with Crippen molar-refractivity contribution in [3.05, 3.63) is 32.6 Å². The van der Waals surface area contributed by atoms with Crippen LogP contribution in [0.5, 0.6) is 0 Å². The second-order valence-electron chi connectivity index (χ2n) is 7.77. The molecule has 25 heavy (non-hydrogen) atoms. The van der Waals surface area contributed by atoms with Crippen LogP contribution < -0.4 is 17.0 Å². The summed E-state index contributed by atoms with van der Waals surface area (Å²) < 4.78 is 14.4. The molecule has 0 aliphatic carbocycles. The molecule has 1 unspecified atom stereocenters. The van der Waals surface area contributed by atoms with Crippen LogP contribution >= 0.6 is 0 Å². The number of nitrogens with zero attached hydrogens (tertiary/aromatic N) is 2. The molecule has 1 aliphatic rings. The van der Waals surface area contributed by atoms with Crippen LogP contribution in [0.1, 0.15) is 45.9 Å². The van der Waals surface area contributed by atoms with Crippen molar-refractivity contribution >= 4 is 0 Å². The largest absolute Gasteiger partial charge is 0.378 e. The third kappa shape index (κ3) is 4.80. The van der Waals surface area contributed by atoms with Gasteiger partial charge in [0, 0.05) is 37.4 Å². The Morgan fingerprint density at radius 2 is 1.96 bits per heavy atom. The van der Waals surface area contributed by atoms with Crippen molar-refractivity contribution in [3.63, 3.8) is 0 Å². The first-order valence-corrected chi connectivity index (χ1v) is 9.02. The first-order valence-electron chi connectivity index (χ1n) is 9.02. The summed E-state index contributed by atoms with van der Waals surface area (Å²) in [5, 5.41) is 0. The summed E-state index contributed by atoms with van der Waals surface area (Å²) in [6.45, 7) is 11.3. The first-order chi connectivity index (χ1) is 11.7. The highest BCUT2D eigenvalue weighted by atomic mass is 16.6. The maximum Gasteiger partial charge on any atom is 0.333 e. The maximum atomic E-state index is 12.8.